The van der Waals surface area contributed by atoms with Crippen LogP contribution in [0.5, 0.6) is 0 Å². The maximum absolute atomic E-state index is 9.69. The number of hydrogen-bond acceptors (Lipinski definition) is 5. The van der Waals surface area contributed by atoms with Crippen molar-refractivity contribution >= 4 is 63.0 Å². The highest BCUT2D eigenvalue weighted by atomic mass is 32.1. The Morgan fingerprint density at radius 2 is 0.885 bits per heavy atom. The van der Waals surface area contributed by atoms with Gasteiger partial charge in [-0.25, -0.2) is 9.97 Å². The lowest BCUT2D eigenvalue weighted by Crippen LogP contribution is -1.97. The highest BCUT2D eigenvalue weighted by molar-refractivity contribution is 7.26. The fourth-order valence-electron chi connectivity index (χ4n) is 7.13. The quantitative estimate of drug-likeness (QED) is 0.180. The largest absolute Gasteiger partial charge is 0.228 e. The predicted molar refractivity (Wildman–Crippen MR) is 220 cm³/mol. The zero-order valence-corrected chi connectivity index (χ0v) is 29.4. The van der Waals surface area contributed by atoms with Gasteiger partial charge in [-0.05, 0) is 95.1 Å². The smallest absolute Gasteiger partial charge is 0.160 e. The van der Waals surface area contributed by atoms with Crippen molar-refractivity contribution in [3.8, 4) is 62.2 Å². The van der Waals surface area contributed by atoms with E-state index >= 15 is 0 Å². The zero-order chi connectivity index (χ0) is 34.6. The Kier molecular flexibility index (Phi) is 7.24. The summed E-state index contributed by atoms with van der Waals surface area (Å²) in [6, 6.07) is 59.8. The first-order valence-corrected chi connectivity index (χ1v) is 18.7. The first-order chi connectivity index (χ1) is 25.7. The summed E-state index contributed by atoms with van der Waals surface area (Å²) in [5, 5.41) is 14.8. The normalized spacial score (nSPS) is 11.4. The van der Waals surface area contributed by atoms with Gasteiger partial charge in [-0.3, -0.25) is 0 Å². The lowest BCUT2D eigenvalue weighted by molar-refractivity contribution is 1.18. The molecule has 0 N–H and O–H groups in total. The van der Waals surface area contributed by atoms with E-state index in [2.05, 4.69) is 115 Å². The zero-order valence-electron chi connectivity index (χ0n) is 27.7. The van der Waals surface area contributed by atoms with Crippen molar-refractivity contribution in [2.24, 2.45) is 0 Å². The van der Waals surface area contributed by atoms with Crippen molar-refractivity contribution in [2.45, 2.75) is 0 Å². The average molecular weight is 698 g/mol. The topological polar surface area (TPSA) is 49.6 Å². The average Bonchev–Trinajstić information content (AvgIpc) is 3.78. The molecule has 0 fully saturated rings. The standard InChI is InChI=1S/C47H27N3S2/c48-28-29-9-8-12-33(21-29)41-27-42(50-47(49-41)30-10-2-1-3-11-30)36-23-34(31-17-19-45-39(25-31)37-13-4-6-15-43(37)51-45)22-35(24-36)32-18-20-46-40(26-32)38-14-5-7-16-44(38)52-46/h1-27H. The summed E-state index contributed by atoms with van der Waals surface area (Å²) in [7, 11) is 0. The minimum absolute atomic E-state index is 0.593. The van der Waals surface area contributed by atoms with Crippen LogP contribution in [0.25, 0.3) is 96.5 Å². The van der Waals surface area contributed by atoms with Crippen LogP contribution >= 0.6 is 22.7 Å². The molecule has 0 unspecified atom stereocenters. The van der Waals surface area contributed by atoms with Crippen LogP contribution in [-0.4, -0.2) is 9.97 Å². The minimum Gasteiger partial charge on any atom is -0.228 e. The summed E-state index contributed by atoms with van der Waals surface area (Å²) in [5.74, 6) is 0.639. The lowest BCUT2D eigenvalue weighted by atomic mass is 9.93. The van der Waals surface area contributed by atoms with Crippen LogP contribution < -0.4 is 0 Å². The number of nitriles is 1. The van der Waals surface area contributed by atoms with Gasteiger partial charge in [0.15, 0.2) is 5.82 Å². The molecule has 3 heterocycles. The van der Waals surface area contributed by atoms with Crippen molar-refractivity contribution in [1.82, 2.24) is 9.97 Å². The summed E-state index contributed by atoms with van der Waals surface area (Å²) in [4.78, 5) is 10.2. The molecule has 0 bridgehead atoms. The molecular formula is C47H27N3S2. The number of benzene rings is 7. The second-order valence-corrected chi connectivity index (χ2v) is 15.1. The van der Waals surface area contributed by atoms with Crippen LogP contribution in [0.15, 0.2) is 164 Å². The Morgan fingerprint density at radius 3 is 1.50 bits per heavy atom. The van der Waals surface area contributed by atoms with Gasteiger partial charge in [-0.1, -0.05) is 91.0 Å². The Bertz CT molecular complexity index is 2910. The molecule has 0 spiro atoms. The summed E-state index contributed by atoms with van der Waals surface area (Å²) < 4.78 is 5.15. The molecule has 52 heavy (non-hydrogen) atoms. The van der Waals surface area contributed by atoms with Crippen LogP contribution in [0.4, 0.5) is 0 Å². The molecule has 5 heteroatoms. The van der Waals surface area contributed by atoms with Gasteiger partial charge in [0.05, 0.1) is 23.0 Å². The van der Waals surface area contributed by atoms with Gasteiger partial charge < -0.3 is 0 Å². The maximum Gasteiger partial charge on any atom is 0.160 e. The molecule has 0 saturated carbocycles. The molecule has 0 aliphatic rings. The molecule has 10 aromatic rings. The molecule has 242 valence electrons. The molecule has 3 aromatic heterocycles. The van der Waals surface area contributed by atoms with E-state index in [9.17, 15) is 5.26 Å². The summed E-state index contributed by atoms with van der Waals surface area (Å²) in [6.07, 6.45) is 0. The Morgan fingerprint density at radius 1 is 0.365 bits per heavy atom. The van der Waals surface area contributed by atoms with E-state index in [4.69, 9.17) is 9.97 Å². The molecule has 3 nitrogen and oxygen atoms in total. The van der Waals surface area contributed by atoms with Gasteiger partial charge in [0.1, 0.15) is 0 Å². The van der Waals surface area contributed by atoms with Gasteiger partial charge in [0, 0.05) is 57.0 Å². The van der Waals surface area contributed by atoms with E-state index in [0.29, 0.717) is 11.4 Å². The lowest BCUT2D eigenvalue weighted by Gasteiger charge is -2.14. The van der Waals surface area contributed by atoms with E-state index in [-0.39, 0.29) is 0 Å². The SMILES string of the molecule is N#Cc1cccc(-c2cc(-c3cc(-c4ccc5sc6ccccc6c5c4)cc(-c4ccc5sc6ccccc6c5c4)c3)nc(-c3ccccc3)n2)c1. The molecule has 0 aliphatic carbocycles. The number of thiophene rings is 2. The van der Waals surface area contributed by atoms with Gasteiger partial charge in [0.2, 0.25) is 0 Å². The molecular weight excluding hydrogens is 671 g/mol. The van der Waals surface area contributed by atoms with Gasteiger partial charge in [-0.2, -0.15) is 5.26 Å². The fraction of sp³-hybridized carbons (Fsp3) is 0. The molecule has 0 atom stereocenters. The van der Waals surface area contributed by atoms with Gasteiger partial charge in [0.25, 0.3) is 0 Å². The van der Waals surface area contributed by atoms with Crippen molar-refractivity contribution in [1.29, 1.82) is 5.26 Å². The molecule has 7 aromatic carbocycles. The molecule has 0 radical (unpaired) electrons. The van der Waals surface area contributed by atoms with Gasteiger partial charge >= 0.3 is 0 Å². The summed E-state index contributed by atoms with van der Waals surface area (Å²) >= 11 is 3.67. The van der Waals surface area contributed by atoms with Crippen molar-refractivity contribution in [3.05, 3.63) is 169 Å². The van der Waals surface area contributed by atoms with Gasteiger partial charge in [-0.15, -0.1) is 22.7 Å². The monoisotopic (exact) mass is 697 g/mol. The Balaban J connectivity index is 1.22. The van der Waals surface area contributed by atoms with E-state index < -0.39 is 0 Å². The number of rotatable bonds is 5. The van der Waals surface area contributed by atoms with Crippen LogP contribution in [-0.2, 0) is 0 Å². The van der Waals surface area contributed by atoms with Crippen molar-refractivity contribution in [2.75, 3.05) is 0 Å². The molecule has 10 rings (SSSR count). The number of nitrogens with zero attached hydrogens (tertiary/aromatic N) is 3. The number of hydrogen-bond donors (Lipinski definition) is 0. The maximum atomic E-state index is 9.69. The van der Waals surface area contributed by atoms with Crippen LogP contribution in [0.2, 0.25) is 0 Å². The van der Waals surface area contributed by atoms with E-state index in [1.807, 2.05) is 77.3 Å². The van der Waals surface area contributed by atoms with Crippen LogP contribution in [0.1, 0.15) is 5.56 Å². The molecule has 0 saturated heterocycles. The predicted octanol–water partition coefficient (Wildman–Crippen LogP) is 13.4. The summed E-state index contributed by atoms with van der Waals surface area (Å²) in [6.45, 7) is 0. The Hall–Kier alpha value is -6.45. The third-order valence-electron chi connectivity index (χ3n) is 9.69. The summed E-state index contributed by atoms with van der Waals surface area (Å²) in [5.41, 5.74) is 9.53. The molecule has 0 aliphatic heterocycles. The van der Waals surface area contributed by atoms with E-state index in [1.165, 1.54) is 40.3 Å². The second-order valence-electron chi connectivity index (χ2n) is 12.9. The van der Waals surface area contributed by atoms with E-state index in [1.54, 1.807) is 0 Å². The first kappa shape index (κ1) is 30.4. The Labute approximate surface area is 308 Å². The number of aromatic nitrogens is 2. The van der Waals surface area contributed by atoms with Crippen molar-refractivity contribution in [3.63, 3.8) is 0 Å². The van der Waals surface area contributed by atoms with Crippen LogP contribution in [0, 0.1) is 11.3 Å². The fourth-order valence-corrected chi connectivity index (χ4v) is 9.30. The highest BCUT2D eigenvalue weighted by Crippen LogP contribution is 2.41. The molecule has 0 amide bonds. The highest BCUT2D eigenvalue weighted by Gasteiger charge is 2.16. The third kappa shape index (κ3) is 5.34. The minimum atomic E-state index is 0.593. The first-order valence-electron chi connectivity index (χ1n) is 17.1. The number of fused-ring (bicyclic) bond motifs is 6. The van der Waals surface area contributed by atoms with Crippen LogP contribution in [0.3, 0.4) is 0 Å². The van der Waals surface area contributed by atoms with Crippen molar-refractivity contribution < 1.29 is 0 Å². The van der Waals surface area contributed by atoms with E-state index in [0.717, 1.165) is 50.3 Å². The second kappa shape index (κ2) is 12.4. The third-order valence-corrected chi connectivity index (χ3v) is 12.0.